The fraction of sp³-hybridized carbons (Fsp3) is 0.455. The Balaban J connectivity index is 0.00000180. The van der Waals surface area contributed by atoms with E-state index in [4.69, 9.17) is 4.74 Å². The highest BCUT2D eigenvalue weighted by Gasteiger charge is 2.32. The van der Waals surface area contributed by atoms with Gasteiger partial charge in [0.15, 0.2) is 11.6 Å². The van der Waals surface area contributed by atoms with Gasteiger partial charge in [-0.1, -0.05) is 6.07 Å². The normalized spacial score (nSPS) is 19.7. The van der Waals surface area contributed by atoms with E-state index in [1.807, 2.05) is 0 Å². The number of nitrogens with one attached hydrogen (secondary N) is 1. The van der Waals surface area contributed by atoms with Gasteiger partial charge in [-0.05, 0) is 17.7 Å². The Bertz CT molecular complexity index is 422. The highest BCUT2D eigenvalue weighted by atomic mass is 35.5. The van der Waals surface area contributed by atoms with E-state index in [0.717, 1.165) is 12.1 Å². The Hall–Kier alpha value is -1.05. The zero-order chi connectivity index (χ0) is 13.2. The van der Waals surface area contributed by atoms with Gasteiger partial charge in [-0.3, -0.25) is 0 Å². The van der Waals surface area contributed by atoms with Crippen LogP contribution in [-0.4, -0.2) is 26.1 Å². The molecule has 0 unspecified atom stereocenters. The Kier molecular flexibility index (Phi) is 5.39. The van der Waals surface area contributed by atoms with Crippen molar-refractivity contribution in [1.29, 1.82) is 0 Å². The van der Waals surface area contributed by atoms with Gasteiger partial charge in [0.25, 0.3) is 0 Å². The molecule has 19 heavy (non-hydrogen) atoms. The first-order valence-corrected chi connectivity index (χ1v) is 5.32. The van der Waals surface area contributed by atoms with Crippen LogP contribution in [0.15, 0.2) is 18.2 Å². The van der Waals surface area contributed by atoms with Gasteiger partial charge >= 0.3 is 6.36 Å². The van der Waals surface area contributed by atoms with Crippen molar-refractivity contribution in [1.82, 2.24) is 5.32 Å². The quantitative estimate of drug-likeness (QED) is 0.852. The number of hydrogen-bond acceptors (Lipinski definition) is 3. The monoisotopic (exact) mass is 301 g/mol. The summed E-state index contributed by atoms with van der Waals surface area (Å²) in [4.78, 5) is 0. The van der Waals surface area contributed by atoms with E-state index in [2.05, 4.69) is 10.1 Å². The van der Waals surface area contributed by atoms with Crippen LogP contribution in [0.2, 0.25) is 0 Å². The summed E-state index contributed by atoms with van der Waals surface area (Å²) >= 11 is 0. The van der Waals surface area contributed by atoms with Crippen LogP contribution < -0.4 is 10.1 Å². The average Bonchev–Trinajstić information content (AvgIpc) is 2.31. The average molecular weight is 302 g/mol. The van der Waals surface area contributed by atoms with Crippen molar-refractivity contribution >= 4 is 12.4 Å². The predicted octanol–water partition coefficient (Wildman–Crippen LogP) is 2.81. The van der Waals surface area contributed by atoms with Crippen LogP contribution in [0, 0.1) is 5.82 Å². The second-order valence-corrected chi connectivity index (χ2v) is 3.82. The molecule has 1 N–H and O–H groups in total. The van der Waals surface area contributed by atoms with Gasteiger partial charge in [0.05, 0.1) is 19.3 Å². The van der Waals surface area contributed by atoms with Gasteiger partial charge in [0, 0.05) is 6.54 Å². The number of benzene rings is 1. The minimum atomic E-state index is -4.89. The van der Waals surface area contributed by atoms with Crippen LogP contribution in [0.25, 0.3) is 0 Å². The van der Waals surface area contributed by atoms with Crippen molar-refractivity contribution in [2.45, 2.75) is 12.4 Å². The molecule has 8 heteroatoms. The van der Waals surface area contributed by atoms with Crippen LogP contribution in [0.4, 0.5) is 17.6 Å². The molecule has 1 atom stereocenters. The van der Waals surface area contributed by atoms with Gasteiger partial charge in [-0.2, -0.15) is 0 Å². The number of ether oxygens (including phenoxy) is 2. The molecule has 0 bridgehead atoms. The molecule has 1 heterocycles. The minimum absolute atomic E-state index is 0. The van der Waals surface area contributed by atoms with Crippen LogP contribution in [0.1, 0.15) is 11.6 Å². The molecule has 1 aliphatic rings. The highest BCUT2D eigenvalue weighted by molar-refractivity contribution is 5.85. The SMILES string of the molecule is Cl.Fc1cc([C@@H]2COCCN2)ccc1OC(F)(F)F. The lowest BCUT2D eigenvalue weighted by molar-refractivity contribution is -0.275. The number of hydrogen-bond donors (Lipinski definition) is 1. The zero-order valence-electron chi connectivity index (χ0n) is 9.67. The lowest BCUT2D eigenvalue weighted by Gasteiger charge is -2.24. The molecule has 0 spiro atoms. The van der Waals surface area contributed by atoms with Crippen molar-refractivity contribution in [3.63, 3.8) is 0 Å². The summed E-state index contributed by atoms with van der Waals surface area (Å²) in [6.07, 6.45) is -4.89. The fourth-order valence-electron chi connectivity index (χ4n) is 1.72. The van der Waals surface area contributed by atoms with E-state index >= 15 is 0 Å². The molecule has 1 aliphatic heterocycles. The van der Waals surface area contributed by atoms with E-state index in [0.29, 0.717) is 25.3 Å². The lowest BCUT2D eigenvalue weighted by Crippen LogP contribution is -2.34. The molecule has 0 saturated carbocycles. The summed E-state index contributed by atoms with van der Waals surface area (Å²) in [7, 11) is 0. The van der Waals surface area contributed by atoms with Crippen molar-refractivity contribution < 1.29 is 27.0 Å². The first kappa shape index (κ1) is 16.0. The number of alkyl halides is 3. The van der Waals surface area contributed by atoms with Gasteiger partial charge < -0.3 is 14.8 Å². The molecule has 1 aromatic carbocycles. The summed E-state index contributed by atoms with van der Waals surface area (Å²) < 4.78 is 58.0. The Morgan fingerprint density at radius 2 is 2.05 bits per heavy atom. The second-order valence-electron chi connectivity index (χ2n) is 3.82. The standard InChI is InChI=1S/C11H11F4NO2.ClH/c12-8-5-7(9-6-17-4-3-16-9)1-2-10(8)18-11(13,14)15;/h1-2,5,9,16H,3-4,6H2;1H/t9-;/m0./s1. The van der Waals surface area contributed by atoms with E-state index in [9.17, 15) is 17.6 Å². The molecule has 1 aromatic rings. The van der Waals surface area contributed by atoms with Crippen LogP contribution in [-0.2, 0) is 4.74 Å². The summed E-state index contributed by atoms with van der Waals surface area (Å²) in [5, 5.41) is 3.08. The maximum absolute atomic E-state index is 13.4. The maximum atomic E-state index is 13.4. The second kappa shape index (κ2) is 6.40. The topological polar surface area (TPSA) is 30.5 Å². The van der Waals surface area contributed by atoms with E-state index in [-0.39, 0.29) is 18.4 Å². The van der Waals surface area contributed by atoms with Crippen molar-refractivity contribution in [3.05, 3.63) is 29.6 Å². The molecule has 2 rings (SSSR count). The Morgan fingerprint density at radius 1 is 1.32 bits per heavy atom. The summed E-state index contributed by atoms with van der Waals surface area (Å²) in [5.74, 6) is -1.87. The van der Waals surface area contributed by atoms with Crippen molar-refractivity contribution in [3.8, 4) is 5.75 Å². The zero-order valence-corrected chi connectivity index (χ0v) is 10.5. The van der Waals surface area contributed by atoms with E-state index in [1.165, 1.54) is 6.07 Å². The van der Waals surface area contributed by atoms with Crippen LogP contribution in [0.5, 0.6) is 5.75 Å². The first-order chi connectivity index (χ1) is 8.46. The molecule has 0 amide bonds. The number of rotatable bonds is 2. The largest absolute Gasteiger partial charge is 0.573 e. The third-order valence-corrected chi connectivity index (χ3v) is 2.51. The third kappa shape index (κ3) is 4.52. The molecule has 1 saturated heterocycles. The van der Waals surface area contributed by atoms with E-state index < -0.39 is 17.9 Å². The predicted molar refractivity (Wildman–Crippen MR) is 61.9 cm³/mol. The molecule has 0 radical (unpaired) electrons. The Morgan fingerprint density at radius 3 is 2.58 bits per heavy atom. The summed E-state index contributed by atoms with van der Waals surface area (Å²) in [6.45, 7) is 1.54. The Labute approximate surface area is 113 Å². The van der Waals surface area contributed by atoms with Gasteiger partial charge in [-0.25, -0.2) is 4.39 Å². The molecule has 108 valence electrons. The summed E-state index contributed by atoms with van der Waals surface area (Å²) in [6, 6.07) is 3.16. The van der Waals surface area contributed by atoms with Crippen LogP contribution >= 0.6 is 12.4 Å². The van der Waals surface area contributed by atoms with Gasteiger partial charge in [-0.15, -0.1) is 25.6 Å². The molecular formula is C11H12ClF4NO2. The number of halogens is 5. The molecular weight excluding hydrogens is 290 g/mol. The minimum Gasteiger partial charge on any atom is -0.403 e. The van der Waals surface area contributed by atoms with Crippen LogP contribution in [0.3, 0.4) is 0 Å². The lowest BCUT2D eigenvalue weighted by atomic mass is 10.1. The molecule has 0 aliphatic carbocycles. The van der Waals surface area contributed by atoms with Gasteiger partial charge in [0.1, 0.15) is 0 Å². The molecule has 0 aromatic heterocycles. The fourth-order valence-corrected chi connectivity index (χ4v) is 1.72. The first-order valence-electron chi connectivity index (χ1n) is 5.32. The van der Waals surface area contributed by atoms with E-state index in [1.54, 1.807) is 0 Å². The molecule has 3 nitrogen and oxygen atoms in total. The van der Waals surface area contributed by atoms with Gasteiger partial charge in [0.2, 0.25) is 0 Å². The van der Waals surface area contributed by atoms with Crippen molar-refractivity contribution in [2.24, 2.45) is 0 Å². The third-order valence-electron chi connectivity index (χ3n) is 2.51. The molecule has 1 fully saturated rings. The van der Waals surface area contributed by atoms with Crippen molar-refractivity contribution in [2.75, 3.05) is 19.8 Å². The smallest absolute Gasteiger partial charge is 0.403 e. The summed E-state index contributed by atoms with van der Waals surface area (Å²) in [5.41, 5.74) is 0.529. The number of morpholine rings is 1. The maximum Gasteiger partial charge on any atom is 0.573 e. The highest BCUT2D eigenvalue weighted by Crippen LogP contribution is 2.28.